The summed E-state index contributed by atoms with van der Waals surface area (Å²) in [6.07, 6.45) is 1.01. The van der Waals surface area contributed by atoms with Gasteiger partial charge in [0.2, 0.25) is 5.91 Å². The zero-order chi connectivity index (χ0) is 20.5. The van der Waals surface area contributed by atoms with E-state index >= 15 is 0 Å². The molecule has 3 amide bonds. The second-order valence-corrected chi connectivity index (χ2v) is 7.69. The summed E-state index contributed by atoms with van der Waals surface area (Å²) in [5.74, 6) is -0.525. The number of hydrogen-bond acceptors (Lipinski definition) is 4. The van der Waals surface area contributed by atoms with E-state index in [1.165, 1.54) is 0 Å². The summed E-state index contributed by atoms with van der Waals surface area (Å²) >= 11 is 0. The van der Waals surface area contributed by atoms with Gasteiger partial charge in [-0.05, 0) is 49.2 Å². The van der Waals surface area contributed by atoms with Gasteiger partial charge in [0, 0.05) is 37.9 Å². The first-order chi connectivity index (χ1) is 13.9. The average Bonchev–Trinajstić information content (AvgIpc) is 2.83. The number of piperidine rings is 1. The second-order valence-electron chi connectivity index (χ2n) is 7.69. The molecule has 0 spiro atoms. The summed E-state index contributed by atoms with van der Waals surface area (Å²) < 4.78 is 0. The van der Waals surface area contributed by atoms with Crippen molar-refractivity contribution in [3.63, 3.8) is 0 Å². The monoisotopic (exact) mass is 392 g/mol. The first-order valence-electron chi connectivity index (χ1n) is 9.73. The van der Waals surface area contributed by atoms with E-state index in [2.05, 4.69) is 10.6 Å². The van der Waals surface area contributed by atoms with E-state index < -0.39 is 6.04 Å². The minimum Gasteiger partial charge on any atom is -0.378 e. The lowest BCUT2D eigenvalue weighted by Crippen LogP contribution is -2.55. The zero-order valence-corrected chi connectivity index (χ0v) is 16.5. The third-order valence-corrected chi connectivity index (χ3v) is 5.56. The van der Waals surface area contributed by atoms with Crippen molar-refractivity contribution in [1.29, 1.82) is 0 Å². The molecule has 7 nitrogen and oxygen atoms in total. The lowest BCUT2D eigenvalue weighted by molar-refractivity contribution is -0.121. The van der Waals surface area contributed by atoms with Crippen LogP contribution < -0.4 is 15.5 Å². The Balaban J connectivity index is 1.46. The fourth-order valence-electron chi connectivity index (χ4n) is 3.92. The van der Waals surface area contributed by atoms with Gasteiger partial charge in [-0.25, -0.2) is 0 Å². The molecule has 29 heavy (non-hydrogen) atoms. The molecule has 2 atom stereocenters. The van der Waals surface area contributed by atoms with Crippen molar-refractivity contribution in [3.8, 4) is 0 Å². The number of amides is 3. The Bertz CT molecular complexity index is 955. The molecule has 0 saturated carbocycles. The Morgan fingerprint density at radius 2 is 1.83 bits per heavy atom. The molecule has 0 bridgehead atoms. The topological polar surface area (TPSA) is 81.8 Å². The van der Waals surface area contributed by atoms with E-state index in [1.807, 2.05) is 31.1 Å². The van der Waals surface area contributed by atoms with Gasteiger partial charge in [0.1, 0.15) is 6.04 Å². The van der Waals surface area contributed by atoms with Crippen LogP contribution in [0.3, 0.4) is 0 Å². The van der Waals surface area contributed by atoms with Crippen molar-refractivity contribution in [2.45, 2.75) is 24.9 Å². The van der Waals surface area contributed by atoms with Crippen molar-refractivity contribution < 1.29 is 14.4 Å². The third-order valence-electron chi connectivity index (χ3n) is 5.56. The maximum atomic E-state index is 12.9. The number of rotatable bonds is 3. The van der Waals surface area contributed by atoms with Crippen molar-refractivity contribution in [1.82, 2.24) is 10.2 Å². The lowest BCUT2D eigenvalue weighted by atomic mass is 9.95. The standard InChI is InChI=1S/C22H24N4O3/c1-25(2)16-9-7-14(8-10-16)20(27)23-15-11-12-26-19(13-15)21(28)24-18-6-4-3-5-17(18)22(26)29/h3-10,15,19H,11-13H2,1-2H3,(H,23,27)(H,24,28)/t15-,19-/m0/s1. The van der Waals surface area contributed by atoms with E-state index in [4.69, 9.17) is 0 Å². The van der Waals surface area contributed by atoms with Gasteiger partial charge in [0.05, 0.1) is 11.3 Å². The van der Waals surface area contributed by atoms with Crippen LogP contribution in [0.1, 0.15) is 33.6 Å². The summed E-state index contributed by atoms with van der Waals surface area (Å²) in [4.78, 5) is 41.9. The molecule has 1 saturated heterocycles. The van der Waals surface area contributed by atoms with Gasteiger partial charge in [0.15, 0.2) is 0 Å². The maximum absolute atomic E-state index is 12.9. The Labute approximate surface area is 169 Å². The quantitative estimate of drug-likeness (QED) is 0.838. The highest BCUT2D eigenvalue weighted by Crippen LogP contribution is 2.28. The van der Waals surface area contributed by atoms with E-state index in [-0.39, 0.29) is 23.8 Å². The van der Waals surface area contributed by atoms with Crippen molar-refractivity contribution in [2.24, 2.45) is 0 Å². The van der Waals surface area contributed by atoms with Gasteiger partial charge >= 0.3 is 0 Å². The predicted molar refractivity (Wildman–Crippen MR) is 111 cm³/mol. The molecule has 1 fully saturated rings. The molecule has 2 aromatic rings. The van der Waals surface area contributed by atoms with Crippen molar-refractivity contribution in [2.75, 3.05) is 30.9 Å². The molecule has 2 aliphatic rings. The van der Waals surface area contributed by atoms with Gasteiger partial charge in [0.25, 0.3) is 11.8 Å². The Morgan fingerprint density at radius 3 is 2.55 bits per heavy atom. The van der Waals surface area contributed by atoms with E-state index in [1.54, 1.807) is 41.3 Å². The Morgan fingerprint density at radius 1 is 1.10 bits per heavy atom. The molecule has 0 aliphatic carbocycles. The lowest BCUT2D eigenvalue weighted by Gasteiger charge is -2.37. The summed E-state index contributed by atoms with van der Waals surface area (Å²) in [7, 11) is 3.89. The van der Waals surface area contributed by atoms with Gasteiger partial charge < -0.3 is 20.4 Å². The van der Waals surface area contributed by atoms with E-state index in [0.29, 0.717) is 36.2 Å². The second kappa shape index (κ2) is 7.58. The number of para-hydroxylation sites is 1. The van der Waals surface area contributed by atoms with Gasteiger partial charge in [-0.3, -0.25) is 14.4 Å². The minimum absolute atomic E-state index is 0.145. The number of benzene rings is 2. The highest BCUT2D eigenvalue weighted by molar-refractivity contribution is 6.10. The largest absolute Gasteiger partial charge is 0.378 e. The highest BCUT2D eigenvalue weighted by Gasteiger charge is 2.40. The first kappa shape index (κ1) is 19.0. The molecular weight excluding hydrogens is 368 g/mol. The fraction of sp³-hybridized carbons (Fsp3) is 0.318. The number of carbonyl (C=O) groups excluding carboxylic acids is 3. The number of hydrogen-bond donors (Lipinski definition) is 2. The van der Waals surface area contributed by atoms with E-state index in [9.17, 15) is 14.4 Å². The van der Waals surface area contributed by atoms with Gasteiger partial charge in [-0.2, -0.15) is 0 Å². The van der Waals surface area contributed by atoms with Gasteiger partial charge in [-0.1, -0.05) is 12.1 Å². The molecule has 2 N–H and O–H groups in total. The van der Waals surface area contributed by atoms with Crippen LogP contribution in [0, 0.1) is 0 Å². The van der Waals surface area contributed by atoms with Crippen LogP contribution in [0.4, 0.5) is 11.4 Å². The molecule has 2 heterocycles. The van der Waals surface area contributed by atoms with Crippen LogP contribution in [0.5, 0.6) is 0 Å². The van der Waals surface area contributed by atoms with Crippen LogP contribution in [0.25, 0.3) is 0 Å². The van der Waals surface area contributed by atoms with Crippen LogP contribution in [-0.4, -0.2) is 55.3 Å². The maximum Gasteiger partial charge on any atom is 0.256 e. The van der Waals surface area contributed by atoms with Crippen LogP contribution >= 0.6 is 0 Å². The number of nitrogens with zero attached hydrogens (tertiary/aromatic N) is 2. The first-order valence-corrected chi connectivity index (χ1v) is 9.73. The molecule has 0 aromatic heterocycles. The minimum atomic E-state index is -0.593. The van der Waals surface area contributed by atoms with Crippen molar-refractivity contribution >= 4 is 29.1 Å². The molecular formula is C22H24N4O3. The molecule has 2 aliphatic heterocycles. The molecule has 0 unspecified atom stereocenters. The SMILES string of the molecule is CN(C)c1ccc(C(=O)N[C@H]2CCN3C(=O)c4ccccc4NC(=O)[C@@H]3C2)cc1. The number of fused-ring (bicyclic) bond motifs is 2. The van der Waals surface area contributed by atoms with Crippen LogP contribution in [0.15, 0.2) is 48.5 Å². The van der Waals surface area contributed by atoms with Crippen LogP contribution in [-0.2, 0) is 4.79 Å². The average molecular weight is 392 g/mol. The normalized spacial score (nSPS) is 20.8. The molecule has 4 rings (SSSR count). The summed E-state index contributed by atoms with van der Waals surface area (Å²) in [6, 6.07) is 13.7. The number of nitrogens with one attached hydrogen (secondary N) is 2. The molecule has 2 aromatic carbocycles. The summed E-state index contributed by atoms with van der Waals surface area (Å²) in [6.45, 7) is 0.426. The Hall–Kier alpha value is -3.35. The molecule has 7 heteroatoms. The fourth-order valence-corrected chi connectivity index (χ4v) is 3.92. The highest BCUT2D eigenvalue weighted by atomic mass is 16.2. The third kappa shape index (κ3) is 3.68. The molecule has 150 valence electrons. The number of carbonyl (C=O) groups is 3. The Kier molecular flexibility index (Phi) is 4.96. The van der Waals surface area contributed by atoms with Crippen molar-refractivity contribution in [3.05, 3.63) is 59.7 Å². The zero-order valence-electron chi connectivity index (χ0n) is 16.5. The summed E-state index contributed by atoms with van der Waals surface area (Å²) in [5.41, 5.74) is 2.64. The molecule has 0 radical (unpaired) electrons. The predicted octanol–water partition coefficient (Wildman–Crippen LogP) is 2.11. The number of anilines is 2. The summed E-state index contributed by atoms with van der Waals surface area (Å²) in [5, 5.41) is 5.88. The smallest absolute Gasteiger partial charge is 0.256 e. The van der Waals surface area contributed by atoms with Gasteiger partial charge in [-0.15, -0.1) is 0 Å². The van der Waals surface area contributed by atoms with Crippen LogP contribution in [0.2, 0.25) is 0 Å². The van der Waals surface area contributed by atoms with E-state index in [0.717, 1.165) is 5.69 Å².